The maximum absolute atomic E-state index is 13.3. The average molecular weight is 248 g/mol. The number of rotatable bonds is 3. The molecule has 0 saturated carbocycles. The molecule has 0 aliphatic carbocycles. The van der Waals surface area contributed by atoms with Crippen LogP contribution in [-0.2, 0) is 6.54 Å². The summed E-state index contributed by atoms with van der Waals surface area (Å²) in [6.07, 6.45) is 2.94. The Morgan fingerprint density at radius 1 is 1.22 bits per heavy atom. The Morgan fingerprint density at radius 2 is 2.06 bits per heavy atom. The summed E-state index contributed by atoms with van der Waals surface area (Å²) in [5, 5.41) is 2.50. The summed E-state index contributed by atoms with van der Waals surface area (Å²) < 4.78 is 26.2. The number of amides is 1. The number of carbonyl (C=O) groups excluding carboxylic acids is 1. The number of pyridine rings is 1. The zero-order valence-electron chi connectivity index (χ0n) is 9.36. The van der Waals surface area contributed by atoms with Gasteiger partial charge in [-0.2, -0.15) is 0 Å². The Balaban J connectivity index is 2.04. The molecule has 2 rings (SSSR count). The SMILES string of the molecule is O=C(NCc1cccc(F)c1F)c1cccnc1. The van der Waals surface area contributed by atoms with E-state index in [0.717, 1.165) is 6.07 Å². The summed E-state index contributed by atoms with van der Waals surface area (Å²) >= 11 is 0. The van der Waals surface area contributed by atoms with Crippen LogP contribution in [0.1, 0.15) is 15.9 Å². The number of halogens is 2. The zero-order valence-corrected chi connectivity index (χ0v) is 9.36. The van der Waals surface area contributed by atoms with E-state index in [2.05, 4.69) is 10.3 Å². The number of nitrogens with zero attached hydrogens (tertiary/aromatic N) is 1. The van der Waals surface area contributed by atoms with E-state index < -0.39 is 11.6 Å². The lowest BCUT2D eigenvalue weighted by Gasteiger charge is -2.06. The first-order chi connectivity index (χ1) is 8.68. The van der Waals surface area contributed by atoms with Crippen LogP contribution in [0.2, 0.25) is 0 Å². The zero-order chi connectivity index (χ0) is 13.0. The molecule has 0 aliphatic rings. The molecule has 0 bridgehead atoms. The van der Waals surface area contributed by atoms with Gasteiger partial charge in [0.2, 0.25) is 0 Å². The van der Waals surface area contributed by atoms with Gasteiger partial charge in [0, 0.05) is 24.5 Å². The van der Waals surface area contributed by atoms with Crippen molar-refractivity contribution in [2.24, 2.45) is 0 Å². The summed E-state index contributed by atoms with van der Waals surface area (Å²) in [5.74, 6) is -2.25. The molecule has 2 aromatic rings. The molecular formula is C13H10F2N2O. The number of benzene rings is 1. The lowest BCUT2D eigenvalue weighted by molar-refractivity contribution is 0.0950. The second-order valence-electron chi connectivity index (χ2n) is 3.64. The molecule has 0 atom stereocenters. The molecule has 1 N–H and O–H groups in total. The molecule has 0 fully saturated rings. The quantitative estimate of drug-likeness (QED) is 0.905. The number of carbonyl (C=O) groups is 1. The smallest absolute Gasteiger partial charge is 0.253 e. The molecule has 0 unspecified atom stereocenters. The Bertz CT molecular complexity index is 558. The van der Waals surface area contributed by atoms with Crippen LogP contribution in [0.25, 0.3) is 0 Å². The molecule has 92 valence electrons. The normalized spacial score (nSPS) is 10.1. The first kappa shape index (κ1) is 12.2. The fourth-order valence-corrected chi connectivity index (χ4v) is 1.46. The van der Waals surface area contributed by atoms with Gasteiger partial charge in [0.1, 0.15) is 0 Å². The van der Waals surface area contributed by atoms with Gasteiger partial charge >= 0.3 is 0 Å². The van der Waals surface area contributed by atoms with Gasteiger partial charge < -0.3 is 5.32 Å². The Hall–Kier alpha value is -2.30. The maximum Gasteiger partial charge on any atom is 0.253 e. The van der Waals surface area contributed by atoms with E-state index in [0.29, 0.717) is 5.56 Å². The van der Waals surface area contributed by atoms with Crippen molar-refractivity contribution >= 4 is 5.91 Å². The highest BCUT2D eigenvalue weighted by molar-refractivity contribution is 5.93. The van der Waals surface area contributed by atoms with Crippen molar-refractivity contribution in [1.82, 2.24) is 10.3 Å². The van der Waals surface area contributed by atoms with Crippen LogP contribution in [0.15, 0.2) is 42.7 Å². The van der Waals surface area contributed by atoms with Gasteiger partial charge in [-0.15, -0.1) is 0 Å². The lowest BCUT2D eigenvalue weighted by atomic mass is 10.2. The predicted molar refractivity (Wildman–Crippen MR) is 61.8 cm³/mol. The van der Waals surface area contributed by atoms with E-state index in [1.165, 1.54) is 18.3 Å². The van der Waals surface area contributed by atoms with Crippen LogP contribution in [0, 0.1) is 11.6 Å². The largest absolute Gasteiger partial charge is 0.348 e. The minimum absolute atomic E-state index is 0.0721. The number of aromatic nitrogens is 1. The van der Waals surface area contributed by atoms with Gasteiger partial charge in [0.05, 0.1) is 5.56 Å². The van der Waals surface area contributed by atoms with E-state index in [4.69, 9.17) is 0 Å². The van der Waals surface area contributed by atoms with Crippen molar-refractivity contribution in [1.29, 1.82) is 0 Å². The monoisotopic (exact) mass is 248 g/mol. The second kappa shape index (κ2) is 5.35. The van der Waals surface area contributed by atoms with Gasteiger partial charge in [-0.1, -0.05) is 12.1 Å². The number of hydrogen-bond acceptors (Lipinski definition) is 2. The molecule has 0 spiro atoms. The average Bonchev–Trinajstić information content (AvgIpc) is 2.41. The van der Waals surface area contributed by atoms with E-state index in [9.17, 15) is 13.6 Å². The molecule has 18 heavy (non-hydrogen) atoms. The van der Waals surface area contributed by atoms with Gasteiger partial charge in [0.25, 0.3) is 5.91 Å². The van der Waals surface area contributed by atoms with Crippen molar-refractivity contribution in [2.75, 3.05) is 0 Å². The minimum Gasteiger partial charge on any atom is -0.348 e. The van der Waals surface area contributed by atoms with Gasteiger partial charge in [-0.3, -0.25) is 9.78 Å². The Kier molecular flexibility index (Phi) is 3.62. The predicted octanol–water partition coefficient (Wildman–Crippen LogP) is 2.29. The first-order valence-corrected chi connectivity index (χ1v) is 5.29. The molecule has 0 aliphatic heterocycles. The Morgan fingerprint density at radius 3 is 2.78 bits per heavy atom. The highest BCUT2D eigenvalue weighted by atomic mass is 19.2. The van der Waals surface area contributed by atoms with Crippen molar-refractivity contribution in [3.05, 3.63) is 65.5 Å². The summed E-state index contributed by atoms with van der Waals surface area (Å²) in [5.41, 5.74) is 0.474. The molecule has 5 heteroatoms. The van der Waals surface area contributed by atoms with Crippen LogP contribution in [-0.4, -0.2) is 10.9 Å². The van der Waals surface area contributed by atoms with E-state index in [1.54, 1.807) is 18.3 Å². The molecular weight excluding hydrogens is 238 g/mol. The fraction of sp³-hybridized carbons (Fsp3) is 0.0769. The Labute approximate surface area is 102 Å². The third-order valence-corrected chi connectivity index (χ3v) is 2.39. The highest BCUT2D eigenvalue weighted by Gasteiger charge is 2.09. The minimum atomic E-state index is -0.941. The van der Waals surface area contributed by atoms with Crippen LogP contribution >= 0.6 is 0 Å². The second-order valence-corrected chi connectivity index (χ2v) is 3.64. The van der Waals surface area contributed by atoms with Gasteiger partial charge in [0.15, 0.2) is 11.6 Å². The summed E-state index contributed by atoms with van der Waals surface area (Å²) in [4.78, 5) is 15.4. The number of nitrogens with one attached hydrogen (secondary N) is 1. The van der Waals surface area contributed by atoms with E-state index >= 15 is 0 Å². The molecule has 0 radical (unpaired) electrons. The molecule has 1 aromatic heterocycles. The van der Waals surface area contributed by atoms with Crippen LogP contribution in [0.3, 0.4) is 0 Å². The van der Waals surface area contributed by atoms with Crippen LogP contribution in [0.5, 0.6) is 0 Å². The molecule has 1 amide bonds. The standard InChI is InChI=1S/C13H10F2N2O/c14-11-5-1-3-9(12(11)15)8-17-13(18)10-4-2-6-16-7-10/h1-7H,8H2,(H,17,18). The van der Waals surface area contributed by atoms with Gasteiger partial charge in [-0.25, -0.2) is 8.78 Å². The van der Waals surface area contributed by atoms with Crippen LogP contribution in [0.4, 0.5) is 8.78 Å². The summed E-state index contributed by atoms with van der Waals surface area (Å²) in [6.45, 7) is -0.0721. The van der Waals surface area contributed by atoms with Crippen LogP contribution < -0.4 is 5.32 Å². The van der Waals surface area contributed by atoms with E-state index in [1.807, 2.05) is 0 Å². The molecule has 1 aromatic carbocycles. The summed E-state index contributed by atoms with van der Waals surface area (Å²) in [7, 11) is 0. The third kappa shape index (κ3) is 2.68. The van der Waals surface area contributed by atoms with E-state index in [-0.39, 0.29) is 18.0 Å². The van der Waals surface area contributed by atoms with Crippen molar-refractivity contribution < 1.29 is 13.6 Å². The highest BCUT2D eigenvalue weighted by Crippen LogP contribution is 2.11. The molecule has 0 saturated heterocycles. The third-order valence-electron chi connectivity index (χ3n) is 2.39. The summed E-state index contributed by atoms with van der Waals surface area (Å²) in [6, 6.07) is 7.05. The maximum atomic E-state index is 13.3. The van der Waals surface area contributed by atoms with Crippen molar-refractivity contribution in [3.63, 3.8) is 0 Å². The molecule has 1 heterocycles. The first-order valence-electron chi connectivity index (χ1n) is 5.29. The van der Waals surface area contributed by atoms with Crippen molar-refractivity contribution in [3.8, 4) is 0 Å². The lowest BCUT2D eigenvalue weighted by Crippen LogP contribution is -2.23. The molecule has 3 nitrogen and oxygen atoms in total. The topological polar surface area (TPSA) is 42.0 Å². The van der Waals surface area contributed by atoms with Gasteiger partial charge in [-0.05, 0) is 18.2 Å². The number of hydrogen-bond donors (Lipinski definition) is 1. The van der Waals surface area contributed by atoms with Crippen molar-refractivity contribution in [2.45, 2.75) is 6.54 Å². The fourth-order valence-electron chi connectivity index (χ4n) is 1.46.